The van der Waals surface area contributed by atoms with Crippen molar-refractivity contribution in [2.45, 2.75) is 24.8 Å². The summed E-state index contributed by atoms with van der Waals surface area (Å²) in [6, 6.07) is 10.6. The Morgan fingerprint density at radius 1 is 1.05 bits per heavy atom. The Morgan fingerprint density at radius 3 is 2.38 bits per heavy atom. The van der Waals surface area contributed by atoms with Crippen molar-refractivity contribution in [3.63, 3.8) is 0 Å². The first-order valence-electron chi connectivity index (χ1n) is 6.86. The van der Waals surface area contributed by atoms with Gasteiger partial charge in [-0.1, -0.05) is 38.1 Å². The zero-order valence-electron chi connectivity index (χ0n) is 12.1. The molecule has 0 unspecified atom stereocenters. The fourth-order valence-electron chi connectivity index (χ4n) is 2.22. The average molecular weight is 308 g/mol. The van der Waals surface area contributed by atoms with Crippen molar-refractivity contribution in [2.75, 3.05) is 18.4 Å². The van der Waals surface area contributed by atoms with Crippen LogP contribution < -0.4 is 10.6 Å². The molecule has 5 nitrogen and oxygen atoms in total. The largest absolute Gasteiger partial charge is 0.383 e. The second kappa shape index (κ2) is 6.43. The minimum atomic E-state index is -4.22. The number of nitrogens with one attached hydrogen (secondary N) is 2. The van der Waals surface area contributed by atoms with E-state index in [1.807, 2.05) is 12.1 Å². The zero-order valence-corrected chi connectivity index (χ0v) is 12.9. The highest BCUT2D eigenvalue weighted by molar-refractivity contribution is 7.86. The summed E-state index contributed by atoms with van der Waals surface area (Å²) in [5.74, 6) is 0. The van der Waals surface area contributed by atoms with E-state index in [9.17, 15) is 13.0 Å². The van der Waals surface area contributed by atoms with Gasteiger partial charge in [0.05, 0.1) is 0 Å². The van der Waals surface area contributed by atoms with Crippen LogP contribution in [0, 0.1) is 0 Å². The monoisotopic (exact) mass is 308 g/mol. The Morgan fingerprint density at radius 2 is 1.71 bits per heavy atom. The molecule has 0 atom stereocenters. The Labute approximate surface area is 125 Å². The summed E-state index contributed by atoms with van der Waals surface area (Å²) in [5, 5.41) is 7.87. The first-order chi connectivity index (χ1) is 9.89. The number of hydrogen-bond donors (Lipinski definition) is 3. The fourth-order valence-corrected chi connectivity index (χ4v) is 2.92. The molecule has 0 heterocycles. The summed E-state index contributed by atoms with van der Waals surface area (Å²) in [5.41, 5.74) is 0.851. The maximum Gasteiger partial charge on any atom is 0.295 e. The van der Waals surface area contributed by atoms with E-state index >= 15 is 0 Å². The molecule has 3 N–H and O–H groups in total. The van der Waals surface area contributed by atoms with Crippen molar-refractivity contribution in [2.24, 2.45) is 0 Å². The first kappa shape index (κ1) is 15.8. The van der Waals surface area contributed by atoms with Crippen molar-refractivity contribution in [1.82, 2.24) is 5.32 Å². The van der Waals surface area contributed by atoms with Crippen LogP contribution in [0.2, 0.25) is 0 Å². The molecule has 0 aliphatic carbocycles. The fraction of sp³-hybridized carbons (Fsp3) is 0.333. The molecule has 0 aliphatic heterocycles. The van der Waals surface area contributed by atoms with Crippen LogP contribution in [0.1, 0.15) is 13.8 Å². The first-order valence-corrected chi connectivity index (χ1v) is 8.30. The van der Waals surface area contributed by atoms with E-state index in [0.29, 0.717) is 11.4 Å². The third-order valence-corrected chi connectivity index (χ3v) is 4.06. The van der Waals surface area contributed by atoms with Gasteiger partial charge in [0, 0.05) is 35.6 Å². The van der Waals surface area contributed by atoms with Gasteiger partial charge in [0.1, 0.15) is 4.90 Å². The minimum absolute atomic E-state index is 0.0658. The second-order valence-electron chi connectivity index (χ2n) is 5.17. The van der Waals surface area contributed by atoms with Crippen molar-refractivity contribution < 1.29 is 13.0 Å². The third-order valence-electron chi connectivity index (χ3n) is 3.15. The molecule has 2 aromatic carbocycles. The molecule has 2 aromatic rings. The van der Waals surface area contributed by atoms with Crippen LogP contribution in [-0.2, 0) is 10.1 Å². The number of fused-ring (bicyclic) bond motifs is 1. The summed E-state index contributed by atoms with van der Waals surface area (Å²) >= 11 is 0. The van der Waals surface area contributed by atoms with Crippen LogP contribution >= 0.6 is 0 Å². The third kappa shape index (κ3) is 3.93. The SMILES string of the molecule is CC(C)NCCNc1cccc2c(S(=O)(=O)O)cccc12. The maximum absolute atomic E-state index is 11.4. The van der Waals surface area contributed by atoms with Gasteiger partial charge < -0.3 is 10.6 Å². The van der Waals surface area contributed by atoms with E-state index in [-0.39, 0.29) is 4.90 Å². The predicted octanol–water partition coefficient (Wildman–Crippen LogP) is 2.50. The van der Waals surface area contributed by atoms with E-state index in [2.05, 4.69) is 24.5 Å². The van der Waals surface area contributed by atoms with E-state index in [1.54, 1.807) is 18.2 Å². The van der Waals surface area contributed by atoms with Gasteiger partial charge in [0.15, 0.2) is 0 Å². The molecule has 0 radical (unpaired) electrons. The van der Waals surface area contributed by atoms with Gasteiger partial charge in [-0.25, -0.2) is 0 Å². The molecule has 0 amide bonds. The van der Waals surface area contributed by atoms with Crippen LogP contribution in [-0.4, -0.2) is 32.1 Å². The standard InChI is InChI=1S/C15H20N2O3S/c1-11(2)16-9-10-17-14-7-3-6-13-12(14)5-4-8-15(13)21(18,19)20/h3-8,11,16-17H,9-10H2,1-2H3,(H,18,19,20). The molecule has 0 fully saturated rings. The smallest absolute Gasteiger partial charge is 0.295 e. The number of anilines is 1. The lowest BCUT2D eigenvalue weighted by atomic mass is 10.1. The van der Waals surface area contributed by atoms with Gasteiger partial charge in [0.2, 0.25) is 0 Å². The quantitative estimate of drug-likeness (QED) is 0.564. The highest BCUT2D eigenvalue weighted by Crippen LogP contribution is 2.28. The van der Waals surface area contributed by atoms with Crippen LogP contribution in [0.5, 0.6) is 0 Å². The molecule has 2 rings (SSSR count). The van der Waals surface area contributed by atoms with E-state index in [1.165, 1.54) is 6.07 Å². The summed E-state index contributed by atoms with van der Waals surface area (Å²) < 4.78 is 32.1. The Hall–Kier alpha value is -1.63. The number of hydrogen-bond acceptors (Lipinski definition) is 4. The molecule has 0 spiro atoms. The van der Waals surface area contributed by atoms with Gasteiger partial charge in [-0.2, -0.15) is 8.42 Å². The Kier molecular flexibility index (Phi) is 4.82. The van der Waals surface area contributed by atoms with E-state index in [0.717, 1.165) is 24.2 Å². The number of rotatable bonds is 6. The van der Waals surface area contributed by atoms with Crippen molar-refractivity contribution >= 4 is 26.6 Å². The molecule has 0 saturated heterocycles. The van der Waals surface area contributed by atoms with Crippen molar-refractivity contribution in [3.05, 3.63) is 36.4 Å². The summed E-state index contributed by atoms with van der Waals surface area (Å²) in [6.07, 6.45) is 0. The maximum atomic E-state index is 11.4. The lowest BCUT2D eigenvalue weighted by molar-refractivity contribution is 0.484. The molecule has 0 aliphatic rings. The molecule has 0 saturated carbocycles. The highest BCUT2D eigenvalue weighted by Gasteiger charge is 2.14. The van der Waals surface area contributed by atoms with Gasteiger partial charge in [0.25, 0.3) is 10.1 Å². The number of benzene rings is 2. The molecular weight excluding hydrogens is 288 g/mol. The van der Waals surface area contributed by atoms with Crippen LogP contribution in [0.4, 0.5) is 5.69 Å². The topological polar surface area (TPSA) is 78.4 Å². The molecule has 114 valence electrons. The highest BCUT2D eigenvalue weighted by atomic mass is 32.2. The lowest BCUT2D eigenvalue weighted by Crippen LogP contribution is -2.28. The van der Waals surface area contributed by atoms with Crippen LogP contribution in [0.25, 0.3) is 10.8 Å². The molecule has 0 aromatic heterocycles. The van der Waals surface area contributed by atoms with Gasteiger partial charge in [-0.15, -0.1) is 0 Å². The predicted molar refractivity (Wildman–Crippen MR) is 85.4 cm³/mol. The Bertz CT molecular complexity index is 727. The molecule has 0 bridgehead atoms. The molecule has 6 heteroatoms. The molecule has 21 heavy (non-hydrogen) atoms. The van der Waals surface area contributed by atoms with Gasteiger partial charge >= 0.3 is 0 Å². The van der Waals surface area contributed by atoms with Gasteiger partial charge in [-0.3, -0.25) is 4.55 Å². The zero-order chi connectivity index (χ0) is 15.5. The van der Waals surface area contributed by atoms with Crippen molar-refractivity contribution in [3.8, 4) is 0 Å². The van der Waals surface area contributed by atoms with E-state index in [4.69, 9.17) is 0 Å². The average Bonchev–Trinajstić information content (AvgIpc) is 2.41. The normalized spacial score (nSPS) is 12.0. The summed E-state index contributed by atoms with van der Waals surface area (Å²) in [7, 11) is -4.22. The van der Waals surface area contributed by atoms with Crippen LogP contribution in [0.3, 0.4) is 0 Å². The summed E-state index contributed by atoms with van der Waals surface area (Å²) in [6.45, 7) is 5.70. The van der Waals surface area contributed by atoms with Crippen molar-refractivity contribution in [1.29, 1.82) is 0 Å². The summed E-state index contributed by atoms with van der Waals surface area (Å²) in [4.78, 5) is -0.0658. The molecular formula is C15H20N2O3S. The van der Waals surface area contributed by atoms with E-state index < -0.39 is 10.1 Å². The lowest BCUT2D eigenvalue weighted by Gasteiger charge is -2.13. The van der Waals surface area contributed by atoms with Gasteiger partial charge in [-0.05, 0) is 12.1 Å². The Balaban J connectivity index is 2.30. The second-order valence-corrected chi connectivity index (χ2v) is 6.56. The van der Waals surface area contributed by atoms with Crippen LogP contribution in [0.15, 0.2) is 41.3 Å². The minimum Gasteiger partial charge on any atom is -0.383 e.